The van der Waals surface area contributed by atoms with E-state index in [9.17, 15) is 9.59 Å². The number of benzene rings is 1. The molecule has 0 radical (unpaired) electrons. The second-order valence-corrected chi connectivity index (χ2v) is 5.06. The van der Waals surface area contributed by atoms with Crippen LogP contribution in [0.2, 0.25) is 0 Å². The molecule has 4 nitrogen and oxygen atoms in total. The molecule has 1 aromatic carbocycles. The van der Waals surface area contributed by atoms with E-state index in [4.69, 9.17) is 0 Å². The molecule has 0 saturated carbocycles. The van der Waals surface area contributed by atoms with Crippen molar-refractivity contribution < 1.29 is 9.59 Å². The summed E-state index contributed by atoms with van der Waals surface area (Å²) in [5.74, 6) is -0.581. The van der Waals surface area contributed by atoms with Gasteiger partial charge < -0.3 is 0 Å². The van der Waals surface area contributed by atoms with Crippen molar-refractivity contribution >= 4 is 27.7 Å². The summed E-state index contributed by atoms with van der Waals surface area (Å²) in [6, 6.07) is 6.91. The highest BCUT2D eigenvalue weighted by Gasteiger charge is 2.12. The van der Waals surface area contributed by atoms with Crippen LogP contribution in [0.25, 0.3) is 0 Å². The lowest BCUT2D eigenvalue weighted by Gasteiger charge is -2.11. The quantitative estimate of drug-likeness (QED) is 0.840. The molecular formula is C13H17BrN2O2. The van der Waals surface area contributed by atoms with Gasteiger partial charge in [0.1, 0.15) is 0 Å². The van der Waals surface area contributed by atoms with Crippen LogP contribution in [-0.2, 0) is 4.79 Å². The molecule has 0 aliphatic carbocycles. The van der Waals surface area contributed by atoms with Gasteiger partial charge in [-0.25, -0.2) is 0 Å². The molecule has 18 heavy (non-hydrogen) atoms. The molecular weight excluding hydrogens is 296 g/mol. The molecule has 5 heteroatoms. The van der Waals surface area contributed by atoms with Gasteiger partial charge in [0, 0.05) is 16.0 Å². The van der Waals surface area contributed by atoms with Crippen molar-refractivity contribution in [2.75, 3.05) is 0 Å². The molecule has 2 amide bonds. The van der Waals surface area contributed by atoms with E-state index in [2.05, 4.69) is 26.8 Å². The fourth-order valence-electron chi connectivity index (χ4n) is 1.48. The van der Waals surface area contributed by atoms with Crippen LogP contribution in [0.4, 0.5) is 0 Å². The van der Waals surface area contributed by atoms with Crippen molar-refractivity contribution in [3.8, 4) is 0 Å². The van der Waals surface area contributed by atoms with E-state index in [-0.39, 0.29) is 17.7 Å². The Labute approximate surface area is 115 Å². The molecule has 0 aliphatic heterocycles. The first-order valence-electron chi connectivity index (χ1n) is 5.90. The zero-order chi connectivity index (χ0) is 13.5. The zero-order valence-corrected chi connectivity index (χ0v) is 12.1. The molecule has 0 fully saturated rings. The van der Waals surface area contributed by atoms with Gasteiger partial charge in [0.05, 0.1) is 0 Å². The zero-order valence-electron chi connectivity index (χ0n) is 10.5. The number of carbonyl (C=O) groups excluding carboxylic acids is 2. The van der Waals surface area contributed by atoms with Gasteiger partial charge in [-0.3, -0.25) is 20.4 Å². The molecule has 1 unspecified atom stereocenters. The minimum atomic E-state index is -0.320. The van der Waals surface area contributed by atoms with E-state index in [0.29, 0.717) is 5.56 Å². The minimum absolute atomic E-state index is 0.0970. The maximum Gasteiger partial charge on any atom is 0.269 e. The molecule has 98 valence electrons. The highest BCUT2D eigenvalue weighted by Crippen LogP contribution is 2.10. The van der Waals surface area contributed by atoms with Gasteiger partial charge in [-0.15, -0.1) is 0 Å². The van der Waals surface area contributed by atoms with Crippen LogP contribution in [0.15, 0.2) is 28.7 Å². The average Bonchev–Trinajstić information content (AvgIpc) is 2.36. The van der Waals surface area contributed by atoms with Gasteiger partial charge in [0.15, 0.2) is 0 Å². The fourth-order valence-corrected chi connectivity index (χ4v) is 1.74. The number of rotatable bonds is 4. The Morgan fingerprint density at radius 3 is 2.39 bits per heavy atom. The van der Waals surface area contributed by atoms with E-state index in [0.717, 1.165) is 17.3 Å². The van der Waals surface area contributed by atoms with Crippen LogP contribution in [0.1, 0.15) is 37.0 Å². The summed E-state index contributed by atoms with van der Waals surface area (Å²) in [7, 11) is 0. The van der Waals surface area contributed by atoms with Gasteiger partial charge in [-0.1, -0.05) is 36.2 Å². The predicted molar refractivity (Wildman–Crippen MR) is 73.8 cm³/mol. The van der Waals surface area contributed by atoms with Crippen LogP contribution < -0.4 is 10.9 Å². The maximum atomic E-state index is 11.7. The molecule has 0 aliphatic rings. The van der Waals surface area contributed by atoms with E-state index < -0.39 is 0 Å². The third-order valence-electron chi connectivity index (χ3n) is 2.57. The van der Waals surface area contributed by atoms with E-state index in [1.54, 1.807) is 24.3 Å². The summed E-state index contributed by atoms with van der Waals surface area (Å²) in [4.78, 5) is 23.3. The first-order chi connectivity index (χ1) is 8.54. The lowest BCUT2D eigenvalue weighted by Crippen LogP contribution is -2.44. The van der Waals surface area contributed by atoms with E-state index >= 15 is 0 Å². The summed E-state index contributed by atoms with van der Waals surface area (Å²) in [6.07, 6.45) is 1.75. The smallest absolute Gasteiger partial charge is 0.269 e. The highest BCUT2D eigenvalue weighted by molar-refractivity contribution is 9.10. The van der Waals surface area contributed by atoms with Gasteiger partial charge >= 0.3 is 0 Å². The first-order valence-corrected chi connectivity index (χ1v) is 6.69. The molecule has 0 bridgehead atoms. The second-order valence-electron chi connectivity index (χ2n) is 4.14. The van der Waals surface area contributed by atoms with Crippen molar-refractivity contribution in [2.45, 2.75) is 26.7 Å². The summed E-state index contributed by atoms with van der Waals surface area (Å²) >= 11 is 3.29. The molecule has 1 aromatic rings. The Hall–Kier alpha value is -1.36. The summed E-state index contributed by atoms with van der Waals surface area (Å²) in [5.41, 5.74) is 5.34. The molecule has 0 heterocycles. The van der Waals surface area contributed by atoms with Gasteiger partial charge in [-0.05, 0) is 30.7 Å². The van der Waals surface area contributed by atoms with Crippen LogP contribution >= 0.6 is 15.9 Å². The van der Waals surface area contributed by atoms with Crippen molar-refractivity contribution in [3.05, 3.63) is 34.3 Å². The fraction of sp³-hybridized carbons (Fsp3) is 0.385. The number of halogens is 1. The standard InChI is InChI=1S/C13H17BrN2O2/c1-3-4-9(2)12(17)15-16-13(18)10-5-7-11(14)8-6-10/h5-9H,3-4H2,1-2H3,(H,15,17)(H,16,18). The van der Waals surface area contributed by atoms with Crippen molar-refractivity contribution in [3.63, 3.8) is 0 Å². The summed E-state index contributed by atoms with van der Waals surface area (Å²) < 4.78 is 0.902. The van der Waals surface area contributed by atoms with E-state index in [1.165, 1.54) is 0 Å². The monoisotopic (exact) mass is 312 g/mol. The van der Waals surface area contributed by atoms with Crippen molar-refractivity contribution in [2.24, 2.45) is 5.92 Å². The summed E-state index contributed by atoms with van der Waals surface area (Å²) in [5, 5.41) is 0. The van der Waals surface area contributed by atoms with Gasteiger partial charge in [0.2, 0.25) is 5.91 Å². The number of hydrogen-bond donors (Lipinski definition) is 2. The van der Waals surface area contributed by atoms with Crippen LogP contribution in [0, 0.1) is 5.92 Å². The molecule has 0 spiro atoms. The Morgan fingerprint density at radius 1 is 1.22 bits per heavy atom. The lowest BCUT2D eigenvalue weighted by atomic mass is 10.1. The topological polar surface area (TPSA) is 58.2 Å². The minimum Gasteiger partial charge on any atom is -0.273 e. The van der Waals surface area contributed by atoms with Crippen LogP contribution in [-0.4, -0.2) is 11.8 Å². The number of amides is 2. The Morgan fingerprint density at radius 2 is 1.83 bits per heavy atom. The SMILES string of the molecule is CCCC(C)C(=O)NNC(=O)c1ccc(Br)cc1. The van der Waals surface area contributed by atoms with Gasteiger partial charge in [-0.2, -0.15) is 0 Å². The Kier molecular flexibility index (Phi) is 5.85. The first kappa shape index (κ1) is 14.7. The molecule has 2 N–H and O–H groups in total. The Bertz CT molecular complexity index is 418. The number of nitrogens with one attached hydrogen (secondary N) is 2. The normalized spacial score (nSPS) is 11.7. The average molecular weight is 313 g/mol. The molecule has 1 atom stereocenters. The second kappa shape index (κ2) is 7.16. The number of carbonyl (C=O) groups is 2. The van der Waals surface area contributed by atoms with Crippen molar-refractivity contribution in [1.29, 1.82) is 0 Å². The molecule has 0 saturated heterocycles. The lowest BCUT2D eigenvalue weighted by molar-refractivity contribution is -0.125. The third kappa shape index (κ3) is 4.49. The Balaban J connectivity index is 2.46. The molecule has 0 aromatic heterocycles. The largest absolute Gasteiger partial charge is 0.273 e. The van der Waals surface area contributed by atoms with Gasteiger partial charge in [0.25, 0.3) is 5.91 Å². The maximum absolute atomic E-state index is 11.7. The summed E-state index contributed by atoms with van der Waals surface area (Å²) in [6.45, 7) is 3.86. The molecule has 1 rings (SSSR count). The third-order valence-corrected chi connectivity index (χ3v) is 3.10. The van der Waals surface area contributed by atoms with Crippen molar-refractivity contribution in [1.82, 2.24) is 10.9 Å². The van der Waals surface area contributed by atoms with E-state index in [1.807, 2.05) is 13.8 Å². The van der Waals surface area contributed by atoms with Crippen LogP contribution in [0.5, 0.6) is 0 Å². The van der Waals surface area contributed by atoms with Crippen LogP contribution in [0.3, 0.4) is 0 Å². The number of hydrazine groups is 1. The predicted octanol–water partition coefficient (Wildman–Crippen LogP) is 2.65. The highest BCUT2D eigenvalue weighted by atomic mass is 79.9. The number of hydrogen-bond acceptors (Lipinski definition) is 2.